The highest BCUT2D eigenvalue weighted by Crippen LogP contribution is 2.37. The number of unbranched alkanes of at least 4 members (excludes halogenated alkanes) is 2. The minimum Gasteiger partial charge on any atom is -0.273 e. The van der Waals surface area contributed by atoms with Gasteiger partial charge in [0, 0.05) is 13.1 Å². The summed E-state index contributed by atoms with van der Waals surface area (Å²) in [4.78, 5) is 43.5. The summed E-state index contributed by atoms with van der Waals surface area (Å²) < 4.78 is 0. The van der Waals surface area contributed by atoms with Crippen LogP contribution >= 0.6 is 0 Å². The van der Waals surface area contributed by atoms with Crippen LogP contribution in [0.25, 0.3) is 0 Å². The number of amides is 4. The normalized spacial score (nSPS) is 16.1. The van der Waals surface area contributed by atoms with E-state index in [1.807, 2.05) is 74.5 Å². The first-order valence-corrected chi connectivity index (χ1v) is 11.3. The molecule has 0 atom stereocenters. The van der Waals surface area contributed by atoms with Crippen molar-refractivity contribution in [2.24, 2.45) is 5.41 Å². The fraction of sp³-hybridized carbons (Fsp3) is 0.423. The first-order chi connectivity index (χ1) is 15.0. The van der Waals surface area contributed by atoms with E-state index >= 15 is 0 Å². The average molecular weight is 421 g/mol. The second kappa shape index (κ2) is 10.4. The molecule has 0 radical (unpaired) electrons. The molecule has 1 aliphatic rings. The molecule has 0 saturated carbocycles. The van der Waals surface area contributed by atoms with E-state index in [0.29, 0.717) is 13.1 Å². The molecule has 0 N–H and O–H groups in total. The molecule has 0 unspecified atom stereocenters. The molecule has 4 amide bonds. The highest BCUT2D eigenvalue weighted by atomic mass is 16.2. The fourth-order valence-corrected chi connectivity index (χ4v) is 4.21. The number of imide groups is 2. The van der Waals surface area contributed by atoms with Crippen LogP contribution in [-0.4, -0.2) is 40.7 Å². The number of carbonyl (C=O) groups is 3. The van der Waals surface area contributed by atoms with Crippen LogP contribution in [0.3, 0.4) is 0 Å². The van der Waals surface area contributed by atoms with Gasteiger partial charge in [-0.25, -0.2) is 4.79 Å². The third-order valence-corrected chi connectivity index (χ3v) is 5.94. The van der Waals surface area contributed by atoms with E-state index in [1.54, 1.807) is 0 Å². The van der Waals surface area contributed by atoms with Crippen molar-refractivity contribution < 1.29 is 14.4 Å². The van der Waals surface area contributed by atoms with Crippen molar-refractivity contribution >= 4 is 17.8 Å². The molecule has 164 valence electrons. The zero-order valence-electron chi connectivity index (χ0n) is 18.5. The number of benzene rings is 2. The molecular weight excluding hydrogens is 388 g/mol. The first kappa shape index (κ1) is 22.7. The summed E-state index contributed by atoms with van der Waals surface area (Å²) in [7, 11) is 0. The monoisotopic (exact) mass is 420 g/mol. The van der Waals surface area contributed by atoms with Gasteiger partial charge in [-0.3, -0.25) is 19.4 Å². The molecule has 1 heterocycles. The van der Waals surface area contributed by atoms with Crippen LogP contribution in [-0.2, 0) is 22.4 Å². The molecule has 1 fully saturated rings. The second-order valence-electron chi connectivity index (χ2n) is 8.31. The summed E-state index contributed by atoms with van der Waals surface area (Å²) in [6.07, 6.45) is 3.73. The highest BCUT2D eigenvalue weighted by Gasteiger charge is 2.56. The molecular formula is C26H32N2O3. The molecule has 2 aromatic rings. The van der Waals surface area contributed by atoms with Crippen molar-refractivity contribution in [3.8, 4) is 0 Å². The standard InChI is InChI=1S/C26H32N2O3/c1-3-5-17-27-23(29)26(19-21-13-9-7-10-14-21,20-22-15-11-8-12-16-22)24(30)28(25(27)31)18-6-4-2/h7-16H,3-6,17-20H2,1-2H3. The van der Waals surface area contributed by atoms with Crippen molar-refractivity contribution in [3.63, 3.8) is 0 Å². The van der Waals surface area contributed by atoms with Crippen LogP contribution in [0, 0.1) is 5.41 Å². The van der Waals surface area contributed by atoms with Gasteiger partial charge in [0.25, 0.3) is 0 Å². The second-order valence-corrected chi connectivity index (χ2v) is 8.31. The Balaban J connectivity index is 2.09. The Bertz CT molecular complexity index is 822. The van der Waals surface area contributed by atoms with Crippen molar-refractivity contribution in [1.82, 2.24) is 9.80 Å². The first-order valence-electron chi connectivity index (χ1n) is 11.3. The summed E-state index contributed by atoms with van der Waals surface area (Å²) in [6, 6.07) is 18.8. The molecule has 0 aromatic heterocycles. The number of hydrogen-bond acceptors (Lipinski definition) is 3. The Hall–Kier alpha value is -2.95. The van der Waals surface area contributed by atoms with E-state index in [9.17, 15) is 14.4 Å². The van der Waals surface area contributed by atoms with Crippen LogP contribution in [0.1, 0.15) is 50.7 Å². The minimum absolute atomic E-state index is 0.277. The number of barbiturate groups is 1. The number of carbonyl (C=O) groups excluding carboxylic acids is 3. The summed E-state index contributed by atoms with van der Waals surface area (Å²) in [5.74, 6) is -0.729. The lowest BCUT2D eigenvalue weighted by molar-refractivity contribution is -0.159. The van der Waals surface area contributed by atoms with E-state index in [1.165, 1.54) is 9.80 Å². The number of rotatable bonds is 10. The number of nitrogens with zero attached hydrogens (tertiary/aromatic N) is 2. The van der Waals surface area contributed by atoms with E-state index in [4.69, 9.17) is 0 Å². The molecule has 5 nitrogen and oxygen atoms in total. The summed E-state index contributed by atoms with van der Waals surface area (Å²) in [6.45, 7) is 4.74. The molecule has 1 saturated heterocycles. The molecule has 2 aromatic carbocycles. The Kier molecular flexibility index (Phi) is 7.61. The van der Waals surface area contributed by atoms with Crippen LogP contribution in [0.4, 0.5) is 4.79 Å². The largest absolute Gasteiger partial charge is 0.333 e. The van der Waals surface area contributed by atoms with Gasteiger partial charge in [-0.2, -0.15) is 0 Å². The quantitative estimate of drug-likeness (QED) is 0.516. The van der Waals surface area contributed by atoms with Gasteiger partial charge in [0.15, 0.2) is 0 Å². The lowest BCUT2D eigenvalue weighted by atomic mass is 9.72. The SMILES string of the molecule is CCCCN1C(=O)N(CCCC)C(=O)C(Cc2ccccc2)(Cc2ccccc2)C1=O. The maximum atomic E-state index is 13.9. The molecule has 0 aliphatic carbocycles. The molecule has 0 bridgehead atoms. The van der Waals surface area contributed by atoms with Gasteiger partial charge in [0.2, 0.25) is 11.8 Å². The van der Waals surface area contributed by atoms with Gasteiger partial charge in [-0.15, -0.1) is 0 Å². The van der Waals surface area contributed by atoms with E-state index < -0.39 is 11.4 Å². The lowest BCUT2D eigenvalue weighted by Gasteiger charge is -2.44. The third-order valence-electron chi connectivity index (χ3n) is 5.94. The Morgan fingerprint density at radius 1 is 0.645 bits per heavy atom. The lowest BCUT2D eigenvalue weighted by Crippen LogP contribution is -2.66. The van der Waals surface area contributed by atoms with Crippen molar-refractivity contribution in [1.29, 1.82) is 0 Å². The maximum Gasteiger partial charge on any atom is 0.333 e. The van der Waals surface area contributed by atoms with E-state index in [-0.39, 0.29) is 24.7 Å². The van der Waals surface area contributed by atoms with Crippen molar-refractivity contribution in [2.75, 3.05) is 13.1 Å². The fourth-order valence-electron chi connectivity index (χ4n) is 4.21. The predicted molar refractivity (Wildman–Crippen MR) is 121 cm³/mol. The summed E-state index contributed by atoms with van der Waals surface area (Å²) in [5.41, 5.74) is 0.513. The Morgan fingerprint density at radius 2 is 1.03 bits per heavy atom. The number of urea groups is 1. The van der Waals surface area contributed by atoms with E-state index in [0.717, 1.165) is 36.8 Å². The van der Waals surface area contributed by atoms with Gasteiger partial charge in [-0.1, -0.05) is 87.4 Å². The molecule has 5 heteroatoms. The zero-order chi connectivity index (χ0) is 22.3. The summed E-state index contributed by atoms with van der Waals surface area (Å²) >= 11 is 0. The zero-order valence-corrected chi connectivity index (χ0v) is 18.5. The van der Waals surface area contributed by atoms with Crippen LogP contribution < -0.4 is 0 Å². The Labute approximate surface area is 185 Å². The van der Waals surface area contributed by atoms with Gasteiger partial charge in [-0.05, 0) is 36.8 Å². The van der Waals surface area contributed by atoms with Gasteiger partial charge >= 0.3 is 6.03 Å². The minimum atomic E-state index is -1.32. The van der Waals surface area contributed by atoms with E-state index in [2.05, 4.69) is 0 Å². The molecule has 31 heavy (non-hydrogen) atoms. The number of hydrogen-bond donors (Lipinski definition) is 0. The van der Waals surface area contributed by atoms with Crippen molar-refractivity contribution in [2.45, 2.75) is 52.4 Å². The van der Waals surface area contributed by atoms with Crippen LogP contribution in [0.2, 0.25) is 0 Å². The predicted octanol–water partition coefficient (Wildman–Crippen LogP) is 4.85. The van der Waals surface area contributed by atoms with Gasteiger partial charge in [0.05, 0.1) is 0 Å². The summed E-state index contributed by atoms with van der Waals surface area (Å²) in [5, 5.41) is 0. The maximum absolute atomic E-state index is 13.9. The van der Waals surface area contributed by atoms with Crippen LogP contribution in [0.5, 0.6) is 0 Å². The highest BCUT2D eigenvalue weighted by molar-refractivity contribution is 6.19. The average Bonchev–Trinajstić information content (AvgIpc) is 2.79. The molecule has 0 spiro atoms. The Morgan fingerprint density at radius 3 is 1.39 bits per heavy atom. The van der Waals surface area contributed by atoms with Gasteiger partial charge < -0.3 is 0 Å². The smallest absolute Gasteiger partial charge is 0.273 e. The third kappa shape index (κ3) is 4.87. The molecule has 3 rings (SSSR count). The van der Waals surface area contributed by atoms with Gasteiger partial charge in [0.1, 0.15) is 5.41 Å². The molecule has 1 aliphatic heterocycles. The topological polar surface area (TPSA) is 57.7 Å². The van der Waals surface area contributed by atoms with Crippen molar-refractivity contribution in [3.05, 3.63) is 71.8 Å². The van der Waals surface area contributed by atoms with Crippen LogP contribution in [0.15, 0.2) is 60.7 Å².